The summed E-state index contributed by atoms with van der Waals surface area (Å²) < 4.78 is 23.9. The first kappa shape index (κ1) is 32.9. The van der Waals surface area contributed by atoms with Gasteiger partial charge in [0.15, 0.2) is 0 Å². The first-order valence-electron chi connectivity index (χ1n) is 18.0. The molecule has 3 nitrogen and oxygen atoms in total. The lowest BCUT2D eigenvalue weighted by atomic mass is 9.87. The van der Waals surface area contributed by atoms with E-state index in [0.717, 1.165) is 44.5 Å². The highest BCUT2D eigenvalue weighted by Crippen LogP contribution is 2.43. The molecule has 51 heavy (non-hydrogen) atoms. The van der Waals surface area contributed by atoms with E-state index in [1.807, 2.05) is 12.1 Å². The molecule has 0 aliphatic carbocycles. The molecule has 0 unspecified atom stereocenters. The molecule has 2 heterocycles. The Labute approximate surface area is 300 Å². The number of furan rings is 1. The van der Waals surface area contributed by atoms with Crippen LogP contribution in [0.2, 0.25) is 19.6 Å². The molecular weight excluding hydrogens is 644 g/mol. The highest BCUT2D eigenvalue weighted by Gasteiger charge is 2.26. The number of aromatic nitrogens is 2. The van der Waals surface area contributed by atoms with Gasteiger partial charge < -0.3 is 4.42 Å². The van der Waals surface area contributed by atoms with E-state index in [-0.39, 0.29) is 17.7 Å². The second kappa shape index (κ2) is 12.5. The SMILES string of the molecule is CC(C)c1cc(-c2ccc(-c3ccccc3)cc2)cc(C(C)C)c1-n1c(-c2cccc3c2oc2cc([Si](C)(C)C)ccc23)nc2cc(F)ccc21. The molecule has 254 valence electrons. The van der Waals surface area contributed by atoms with E-state index in [1.165, 1.54) is 44.6 Å². The Morgan fingerprint density at radius 1 is 0.627 bits per heavy atom. The van der Waals surface area contributed by atoms with E-state index in [9.17, 15) is 4.39 Å². The minimum absolute atomic E-state index is 0.203. The first-order chi connectivity index (χ1) is 24.5. The van der Waals surface area contributed by atoms with Gasteiger partial charge in [-0.1, -0.05) is 131 Å². The normalized spacial score (nSPS) is 12.3. The standard InChI is InChI=1S/C46H43FN2OSi/c1-28(2)39-24-33(32-18-16-31(17-19-32)30-12-9-8-10-13-30)25-40(29(3)4)44(39)49-42-23-20-34(47)26-41(42)48-46(49)38-15-11-14-37-36-22-21-35(51(5,6)7)27-43(36)50-45(37)38/h8-29H,1-7H3. The molecule has 0 amide bonds. The van der Waals surface area contributed by atoms with E-state index in [0.29, 0.717) is 5.52 Å². The number of benzene rings is 6. The third kappa shape index (κ3) is 5.80. The van der Waals surface area contributed by atoms with Crippen LogP contribution in [-0.2, 0) is 0 Å². The summed E-state index contributed by atoms with van der Waals surface area (Å²) in [6, 6.07) is 42.0. The van der Waals surface area contributed by atoms with Crippen molar-refractivity contribution in [2.24, 2.45) is 0 Å². The number of nitrogens with zero attached hydrogens (tertiary/aromatic N) is 2. The second-order valence-electron chi connectivity index (χ2n) is 15.4. The van der Waals surface area contributed by atoms with Crippen molar-refractivity contribution in [3.05, 3.63) is 138 Å². The van der Waals surface area contributed by atoms with E-state index in [2.05, 4.69) is 149 Å². The molecule has 2 aromatic heterocycles. The highest BCUT2D eigenvalue weighted by atomic mass is 28.3. The van der Waals surface area contributed by atoms with E-state index < -0.39 is 8.07 Å². The summed E-state index contributed by atoms with van der Waals surface area (Å²) in [5, 5.41) is 3.50. The maximum Gasteiger partial charge on any atom is 0.149 e. The third-order valence-corrected chi connectivity index (χ3v) is 12.2. The Morgan fingerprint density at radius 2 is 1.27 bits per heavy atom. The molecule has 0 N–H and O–H groups in total. The predicted octanol–water partition coefficient (Wildman–Crippen LogP) is 12.9. The molecule has 5 heteroatoms. The number of rotatable bonds is 7. The monoisotopic (exact) mass is 686 g/mol. The fraction of sp³-hybridized carbons (Fsp3) is 0.196. The topological polar surface area (TPSA) is 31.0 Å². The summed E-state index contributed by atoms with van der Waals surface area (Å²) >= 11 is 0. The van der Waals surface area contributed by atoms with Crippen LogP contribution in [0, 0.1) is 5.82 Å². The zero-order chi connectivity index (χ0) is 35.6. The largest absolute Gasteiger partial charge is 0.455 e. The van der Waals surface area contributed by atoms with Crippen molar-refractivity contribution < 1.29 is 8.81 Å². The lowest BCUT2D eigenvalue weighted by molar-refractivity contribution is 0.629. The molecule has 6 aromatic carbocycles. The van der Waals surface area contributed by atoms with Crippen molar-refractivity contribution >= 4 is 46.2 Å². The molecule has 0 saturated heterocycles. The maximum absolute atomic E-state index is 14.8. The fourth-order valence-electron chi connectivity index (χ4n) is 7.37. The summed E-state index contributed by atoms with van der Waals surface area (Å²) in [7, 11) is -1.55. The van der Waals surface area contributed by atoms with Crippen LogP contribution in [0.5, 0.6) is 0 Å². The van der Waals surface area contributed by atoms with E-state index in [1.54, 1.807) is 6.07 Å². The van der Waals surface area contributed by atoms with Gasteiger partial charge in [0, 0.05) is 16.8 Å². The van der Waals surface area contributed by atoms with E-state index >= 15 is 0 Å². The summed E-state index contributed by atoms with van der Waals surface area (Å²) in [4.78, 5) is 5.19. The number of hydrogen-bond donors (Lipinski definition) is 0. The molecule has 0 atom stereocenters. The van der Waals surface area contributed by atoms with Crippen molar-refractivity contribution in [2.45, 2.75) is 59.2 Å². The number of para-hydroxylation sites is 1. The molecule has 0 fully saturated rings. The van der Waals surface area contributed by atoms with Gasteiger partial charge >= 0.3 is 0 Å². The average Bonchev–Trinajstić information content (AvgIpc) is 3.68. The Hall–Kier alpha value is -5.26. The maximum atomic E-state index is 14.8. The second-order valence-corrected chi connectivity index (χ2v) is 20.5. The molecule has 8 rings (SSSR count). The highest BCUT2D eigenvalue weighted by molar-refractivity contribution is 6.88. The summed E-state index contributed by atoms with van der Waals surface area (Å²) in [6.07, 6.45) is 0. The molecule has 0 saturated carbocycles. The summed E-state index contributed by atoms with van der Waals surface area (Å²) in [6.45, 7) is 16.1. The Morgan fingerprint density at radius 3 is 1.92 bits per heavy atom. The first-order valence-corrected chi connectivity index (χ1v) is 21.5. The Bertz CT molecular complexity index is 2540. The van der Waals surface area contributed by atoms with Gasteiger partial charge in [-0.05, 0) is 81.6 Å². The molecule has 0 bridgehead atoms. The molecular formula is C46H43FN2OSi. The molecule has 0 aliphatic heterocycles. The average molecular weight is 687 g/mol. The minimum atomic E-state index is -1.55. The van der Waals surface area contributed by atoms with E-state index in [4.69, 9.17) is 9.40 Å². The van der Waals surface area contributed by atoms with Crippen LogP contribution >= 0.6 is 0 Å². The van der Waals surface area contributed by atoms with Crippen LogP contribution in [0.4, 0.5) is 4.39 Å². The summed E-state index contributed by atoms with van der Waals surface area (Å²) in [5.41, 5.74) is 12.3. The lowest BCUT2D eigenvalue weighted by Gasteiger charge is -2.24. The zero-order valence-corrected chi connectivity index (χ0v) is 31.4. The van der Waals surface area contributed by atoms with Crippen molar-refractivity contribution in [1.29, 1.82) is 0 Å². The number of imidazole rings is 1. The molecule has 0 radical (unpaired) electrons. The molecule has 0 aliphatic rings. The number of halogens is 1. The van der Waals surface area contributed by atoms with Crippen LogP contribution in [0.15, 0.2) is 126 Å². The quantitative estimate of drug-likeness (QED) is 0.156. The van der Waals surface area contributed by atoms with Gasteiger partial charge in [0.25, 0.3) is 0 Å². The molecule has 8 aromatic rings. The summed E-state index contributed by atoms with van der Waals surface area (Å²) in [5.74, 6) is 0.846. The Balaban J connectivity index is 1.38. The number of fused-ring (bicyclic) bond motifs is 4. The van der Waals surface area contributed by atoms with Gasteiger partial charge in [-0.15, -0.1) is 0 Å². The Kier molecular flexibility index (Phi) is 8.07. The van der Waals surface area contributed by atoms with Crippen molar-refractivity contribution in [1.82, 2.24) is 9.55 Å². The van der Waals surface area contributed by atoms with Crippen LogP contribution in [0.3, 0.4) is 0 Å². The van der Waals surface area contributed by atoms with Gasteiger partial charge in [0.2, 0.25) is 0 Å². The number of hydrogen-bond acceptors (Lipinski definition) is 2. The third-order valence-electron chi connectivity index (χ3n) is 10.2. The van der Waals surface area contributed by atoms with Crippen LogP contribution in [-0.4, -0.2) is 17.6 Å². The lowest BCUT2D eigenvalue weighted by Crippen LogP contribution is -2.37. The van der Waals surface area contributed by atoms with Crippen molar-refractivity contribution in [3.63, 3.8) is 0 Å². The van der Waals surface area contributed by atoms with Crippen molar-refractivity contribution in [3.8, 4) is 39.3 Å². The smallest absolute Gasteiger partial charge is 0.149 e. The van der Waals surface area contributed by atoms with Crippen LogP contribution < -0.4 is 5.19 Å². The fourth-order valence-corrected chi connectivity index (χ4v) is 8.52. The predicted molar refractivity (Wildman–Crippen MR) is 216 cm³/mol. The van der Waals surface area contributed by atoms with Gasteiger partial charge in [0.05, 0.1) is 30.4 Å². The van der Waals surface area contributed by atoms with Crippen molar-refractivity contribution in [2.75, 3.05) is 0 Å². The van der Waals surface area contributed by atoms with Crippen LogP contribution in [0.1, 0.15) is 50.7 Å². The van der Waals surface area contributed by atoms with Gasteiger partial charge in [-0.3, -0.25) is 4.57 Å². The van der Waals surface area contributed by atoms with Gasteiger partial charge in [0.1, 0.15) is 22.8 Å². The molecule has 0 spiro atoms. The minimum Gasteiger partial charge on any atom is -0.455 e. The van der Waals surface area contributed by atoms with Gasteiger partial charge in [-0.2, -0.15) is 0 Å². The van der Waals surface area contributed by atoms with Gasteiger partial charge in [-0.25, -0.2) is 9.37 Å². The zero-order valence-electron chi connectivity index (χ0n) is 30.4. The van der Waals surface area contributed by atoms with Crippen LogP contribution in [0.25, 0.3) is 72.3 Å².